The number of hydrogen-bond acceptors (Lipinski definition) is 4. The molecule has 0 saturated heterocycles. The summed E-state index contributed by atoms with van der Waals surface area (Å²) in [5, 5.41) is 1.88. The van der Waals surface area contributed by atoms with Crippen molar-refractivity contribution in [3.63, 3.8) is 0 Å². The fourth-order valence-electron chi connectivity index (χ4n) is 3.32. The maximum atomic E-state index is 14.4. The molecule has 5 aromatic rings. The third-order valence-corrected chi connectivity index (χ3v) is 4.57. The Labute approximate surface area is 154 Å². The number of halogens is 1. The minimum atomic E-state index is -0.310. The number of pyridine rings is 4. The molecule has 4 heterocycles. The fraction of sp³-hybridized carbons (Fsp3) is 0. The zero-order valence-electron chi connectivity index (χ0n) is 14.2. The van der Waals surface area contributed by atoms with Gasteiger partial charge in [0.05, 0.1) is 17.4 Å². The molecule has 4 aromatic heterocycles. The van der Waals surface area contributed by atoms with Crippen LogP contribution in [0.5, 0.6) is 0 Å². The molecular formula is C22H13FN4. The van der Waals surface area contributed by atoms with Crippen LogP contribution in [-0.2, 0) is 0 Å². The molecule has 0 aliphatic rings. The van der Waals surface area contributed by atoms with Gasteiger partial charge in [0.1, 0.15) is 5.82 Å². The average Bonchev–Trinajstić information content (AvgIpc) is 2.73. The predicted octanol–water partition coefficient (Wildman–Crippen LogP) is 5.05. The van der Waals surface area contributed by atoms with Gasteiger partial charge in [0, 0.05) is 34.9 Å². The van der Waals surface area contributed by atoms with Crippen molar-refractivity contribution in [2.75, 3.05) is 0 Å². The van der Waals surface area contributed by atoms with Crippen LogP contribution in [0.3, 0.4) is 0 Å². The molecule has 0 aliphatic heterocycles. The zero-order chi connectivity index (χ0) is 18.2. The lowest BCUT2D eigenvalue weighted by atomic mass is 9.97. The van der Waals surface area contributed by atoms with Gasteiger partial charge in [-0.1, -0.05) is 12.1 Å². The Balaban J connectivity index is 1.87. The van der Waals surface area contributed by atoms with E-state index in [-0.39, 0.29) is 5.82 Å². The quantitative estimate of drug-likeness (QED) is 0.446. The molecule has 5 heteroatoms. The summed E-state index contributed by atoms with van der Waals surface area (Å²) >= 11 is 0. The maximum Gasteiger partial charge on any atom is 0.160 e. The van der Waals surface area contributed by atoms with E-state index >= 15 is 0 Å². The minimum Gasteiger partial charge on any atom is -0.262 e. The van der Waals surface area contributed by atoms with Crippen molar-refractivity contribution in [1.82, 2.24) is 19.9 Å². The molecule has 27 heavy (non-hydrogen) atoms. The predicted molar refractivity (Wildman–Crippen MR) is 103 cm³/mol. The highest BCUT2D eigenvalue weighted by Gasteiger charge is 2.14. The number of fused-ring (bicyclic) bond motifs is 2. The van der Waals surface area contributed by atoms with Gasteiger partial charge >= 0.3 is 0 Å². The summed E-state index contributed by atoms with van der Waals surface area (Å²) in [4.78, 5) is 17.5. The lowest BCUT2D eigenvalue weighted by Gasteiger charge is -2.12. The molecule has 0 aliphatic carbocycles. The van der Waals surface area contributed by atoms with Gasteiger partial charge in [-0.25, -0.2) is 14.4 Å². The summed E-state index contributed by atoms with van der Waals surface area (Å²) in [7, 11) is 0. The van der Waals surface area contributed by atoms with Crippen molar-refractivity contribution in [3.8, 4) is 22.4 Å². The van der Waals surface area contributed by atoms with E-state index in [1.165, 1.54) is 6.07 Å². The molecule has 128 valence electrons. The van der Waals surface area contributed by atoms with Crippen LogP contribution in [0.25, 0.3) is 44.3 Å². The molecule has 0 fully saturated rings. The van der Waals surface area contributed by atoms with Crippen molar-refractivity contribution in [1.29, 1.82) is 0 Å². The summed E-state index contributed by atoms with van der Waals surface area (Å²) in [6.07, 6.45) is 6.93. The van der Waals surface area contributed by atoms with Crippen LogP contribution in [-0.4, -0.2) is 19.9 Å². The monoisotopic (exact) mass is 352 g/mol. The van der Waals surface area contributed by atoms with Crippen LogP contribution in [0.4, 0.5) is 4.39 Å². The number of nitrogens with zero attached hydrogens (tertiary/aromatic N) is 4. The lowest BCUT2D eigenvalue weighted by molar-refractivity contribution is 0.631. The smallest absolute Gasteiger partial charge is 0.160 e. The van der Waals surface area contributed by atoms with Crippen LogP contribution in [0.2, 0.25) is 0 Å². The van der Waals surface area contributed by atoms with E-state index in [1.54, 1.807) is 43.0 Å². The summed E-state index contributed by atoms with van der Waals surface area (Å²) in [6.45, 7) is 0. The van der Waals surface area contributed by atoms with E-state index in [1.807, 2.05) is 30.3 Å². The van der Waals surface area contributed by atoms with Crippen LogP contribution in [0.15, 0.2) is 79.4 Å². The second-order valence-corrected chi connectivity index (χ2v) is 6.16. The molecular weight excluding hydrogens is 339 g/mol. The van der Waals surface area contributed by atoms with Gasteiger partial charge < -0.3 is 0 Å². The third-order valence-electron chi connectivity index (χ3n) is 4.57. The zero-order valence-corrected chi connectivity index (χ0v) is 14.2. The Bertz CT molecular complexity index is 1290. The molecule has 0 spiro atoms. The van der Waals surface area contributed by atoms with Crippen molar-refractivity contribution in [2.45, 2.75) is 0 Å². The second-order valence-electron chi connectivity index (χ2n) is 6.16. The van der Waals surface area contributed by atoms with Gasteiger partial charge in [-0.3, -0.25) is 9.97 Å². The van der Waals surface area contributed by atoms with Crippen molar-refractivity contribution in [2.24, 2.45) is 0 Å². The standard InChI is InChI=1S/C22H13FN4/c23-19-6-2-1-4-17(19)20-12-18(16-5-3-9-26-22(16)27-20)14-8-11-25-21-13-24-10-7-15(14)21/h1-13H. The summed E-state index contributed by atoms with van der Waals surface area (Å²) in [5.74, 6) is -0.310. The normalized spacial score (nSPS) is 11.1. The highest BCUT2D eigenvalue weighted by atomic mass is 19.1. The molecule has 1 aromatic carbocycles. The van der Waals surface area contributed by atoms with Gasteiger partial charge in [0.25, 0.3) is 0 Å². The summed E-state index contributed by atoms with van der Waals surface area (Å²) < 4.78 is 14.4. The van der Waals surface area contributed by atoms with E-state index in [4.69, 9.17) is 0 Å². The van der Waals surface area contributed by atoms with Crippen LogP contribution >= 0.6 is 0 Å². The SMILES string of the molecule is Fc1ccccc1-c1cc(-c2ccnc3cnccc23)c2cccnc2n1. The minimum absolute atomic E-state index is 0.310. The molecule has 0 unspecified atom stereocenters. The van der Waals surface area contributed by atoms with E-state index in [9.17, 15) is 4.39 Å². The summed E-state index contributed by atoms with van der Waals surface area (Å²) in [6, 6.07) is 16.3. The molecule has 0 atom stereocenters. The number of rotatable bonds is 2. The average molecular weight is 352 g/mol. The molecule has 0 amide bonds. The van der Waals surface area contributed by atoms with E-state index in [2.05, 4.69) is 19.9 Å². The van der Waals surface area contributed by atoms with Crippen molar-refractivity contribution >= 4 is 21.9 Å². The Morgan fingerprint density at radius 3 is 2.56 bits per heavy atom. The van der Waals surface area contributed by atoms with E-state index in [0.717, 1.165) is 27.4 Å². The molecule has 0 N–H and O–H groups in total. The van der Waals surface area contributed by atoms with Crippen LogP contribution in [0, 0.1) is 5.82 Å². The van der Waals surface area contributed by atoms with E-state index in [0.29, 0.717) is 16.9 Å². The highest BCUT2D eigenvalue weighted by molar-refractivity contribution is 6.03. The first-order chi connectivity index (χ1) is 13.3. The van der Waals surface area contributed by atoms with Gasteiger partial charge in [-0.15, -0.1) is 0 Å². The molecule has 0 radical (unpaired) electrons. The highest BCUT2D eigenvalue weighted by Crippen LogP contribution is 2.35. The largest absolute Gasteiger partial charge is 0.262 e. The van der Waals surface area contributed by atoms with E-state index < -0.39 is 0 Å². The fourth-order valence-corrected chi connectivity index (χ4v) is 3.32. The number of hydrogen-bond donors (Lipinski definition) is 0. The molecule has 4 nitrogen and oxygen atoms in total. The first kappa shape index (κ1) is 15.5. The second kappa shape index (κ2) is 6.21. The topological polar surface area (TPSA) is 51.6 Å². The lowest BCUT2D eigenvalue weighted by Crippen LogP contribution is -1.94. The first-order valence-corrected chi connectivity index (χ1v) is 8.51. The first-order valence-electron chi connectivity index (χ1n) is 8.51. The van der Waals surface area contributed by atoms with Crippen molar-refractivity contribution < 1.29 is 4.39 Å². The van der Waals surface area contributed by atoms with Crippen LogP contribution in [0.1, 0.15) is 0 Å². The molecule has 0 bridgehead atoms. The summed E-state index contributed by atoms with van der Waals surface area (Å²) in [5.41, 5.74) is 4.30. The van der Waals surface area contributed by atoms with Gasteiger partial charge in [0.2, 0.25) is 0 Å². The van der Waals surface area contributed by atoms with Gasteiger partial charge in [-0.2, -0.15) is 0 Å². The Kier molecular flexibility index (Phi) is 3.57. The maximum absolute atomic E-state index is 14.4. The molecule has 5 rings (SSSR count). The Hall–Kier alpha value is -3.73. The van der Waals surface area contributed by atoms with Crippen LogP contribution < -0.4 is 0 Å². The Morgan fingerprint density at radius 1 is 0.704 bits per heavy atom. The third kappa shape index (κ3) is 2.60. The van der Waals surface area contributed by atoms with Gasteiger partial charge in [-0.05, 0) is 53.6 Å². The number of aromatic nitrogens is 4. The number of benzene rings is 1. The van der Waals surface area contributed by atoms with Crippen molar-refractivity contribution in [3.05, 3.63) is 85.2 Å². The Morgan fingerprint density at radius 2 is 1.63 bits per heavy atom. The van der Waals surface area contributed by atoms with Gasteiger partial charge in [0.15, 0.2) is 5.65 Å². The molecule has 0 saturated carbocycles.